The Morgan fingerprint density at radius 1 is 1.24 bits per heavy atom. The van der Waals surface area contributed by atoms with Crippen molar-refractivity contribution in [2.75, 3.05) is 11.9 Å². The lowest BCUT2D eigenvalue weighted by atomic mass is 10.1. The van der Waals surface area contributed by atoms with Crippen molar-refractivity contribution in [2.24, 2.45) is 0 Å². The third-order valence-corrected chi connectivity index (χ3v) is 2.89. The number of rotatable bonds is 9. The molecule has 17 heavy (non-hydrogen) atoms. The zero-order valence-corrected chi connectivity index (χ0v) is 12.2. The summed E-state index contributed by atoms with van der Waals surface area (Å²) in [5, 5.41) is 3.65. The van der Waals surface area contributed by atoms with E-state index in [-0.39, 0.29) is 11.9 Å². The number of hydrogen-bond donors (Lipinski definition) is 1. The van der Waals surface area contributed by atoms with Gasteiger partial charge < -0.3 is 10.1 Å². The summed E-state index contributed by atoms with van der Waals surface area (Å²) in [6, 6.07) is -0.489. The van der Waals surface area contributed by atoms with Crippen LogP contribution in [0.2, 0.25) is 0 Å². The number of ether oxygens (including phenoxy) is 1. The molecule has 0 radical (unpaired) electrons. The van der Waals surface area contributed by atoms with Gasteiger partial charge in [-0.05, 0) is 19.8 Å². The monoisotopic (exact) mass is 307 g/mol. The minimum Gasteiger partial charge on any atom is -0.464 e. The third kappa shape index (κ3) is 9.15. The second kappa shape index (κ2) is 10.6. The summed E-state index contributed by atoms with van der Waals surface area (Å²) < 4.78 is 4.92. The van der Waals surface area contributed by atoms with Gasteiger partial charge in [-0.15, -0.1) is 0 Å². The maximum Gasteiger partial charge on any atom is 0.328 e. The van der Waals surface area contributed by atoms with Crippen LogP contribution >= 0.6 is 15.9 Å². The highest BCUT2D eigenvalue weighted by Gasteiger charge is 2.19. The molecular formula is C12H22BrNO3. The fraction of sp³-hybridized carbons (Fsp3) is 0.833. The summed E-state index contributed by atoms with van der Waals surface area (Å²) in [5.41, 5.74) is 0. The first-order chi connectivity index (χ1) is 8.11. The SMILES string of the molecule is CCOC(=O)C(CCCCCCBr)NC(C)=O. The van der Waals surface area contributed by atoms with E-state index in [0.29, 0.717) is 13.0 Å². The van der Waals surface area contributed by atoms with Crippen LogP contribution in [0.5, 0.6) is 0 Å². The first-order valence-corrected chi connectivity index (χ1v) is 7.23. The molecule has 4 nitrogen and oxygen atoms in total. The molecule has 0 aliphatic rings. The van der Waals surface area contributed by atoms with Crippen LogP contribution in [-0.2, 0) is 14.3 Å². The molecule has 0 bridgehead atoms. The largest absolute Gasteiger partial charge is 0.464 e. The lowest BCUT2D eigenvalue weighted by molar-refractivity contribution is -0.147. The van der Waals surface area contributed by atoms with Crippen molar-refractivity contribution in [1.29, 1.82) is 0 Å². The van der Waals surface area contributed by atoms with Crippen LogP contribution < -0.4 is 5.32 Å². The molecule has 0 spiro atoms. The Kier molecular flexibility index (Phi) is 10.2. The first-order valence-electron chi connectivity index (χ1n) is 6.11. The number of carbonyl (C=O) groups excluding carboxylic acids is 2. The van der Waals surface area contributed by atoms with Crippen LogP contribution in [0.3, 0.4) is 0 Å². The fourth-order valence-corrected chi connectivity index (χ4v) is 1.93. The van der Waals surface area contributed by atoms with Crippen molar-refractivity contribution in [1.82, 2.24) is 5.32 Å². The number of amides is 1. The van der Waals surface area contributed by atoms with E-state index in [2.05, 4.69) is 21.2 Å². The average Bonchev–Trinajstić information content (AvgIpc) is 2.27. The summed E-state index contributed by atoms with van der Waals surface area (Å²) in [7, 11) is 0. The summed E-state index contributed by atoms with van der Waals surface area (Å²) in [6.07, 6.45) is 4.93. The molecule has 0 saturated heterocycles. The van der Waals surface area contributed by atoms with Crippen LogP contribution in [0.4, 0.5) is 0 Å². The van der Waals surface area contributed by atoms with Crippen molar-refractivity contribution in [3.05, 3.63) is 0 Å². The van der Waals surface area contributed by atoms with Gasteiger partial charge in [-0.1, -0.05) is 35.2 Å². The minimum absolute atomic E-state index is 0.191. The van der Waals surface area contributed by atoms with Crippen molar-refractivity contribution in [3.8, 4) is 0 Å². The lowest BCUT2D eigenvalue weighted by Crippen LogP contribution is -2.40. The van der Waals surface area contributed by atoms with Gasteiger partial charge in [0.15, 0.2) is 0 Å². The molecule has 1 amide bonds. The van der Waals surface area contributed by atoms with Gasteiger partial charge in [-0.25, -0.2) is 4.79 Å². The van der Waals surface area contributed by atoms with Gasteiger partial charge in [0.25, 0.3) is 0 Å². The molecule has 1 N–H and O–H groups in total. The maximum absolute atomic E-state index is 11.6. The van der Waals surface area contributed by atoms with Gasteiger partial charge in [0, 0.05) is 12.3 Å². The molecule has 0 aliphatic carbocycles. The number of nitrogens with one attached hydrogen (secondary N) is 1. The van der Waals surface area contributed by atoms with Crippen LogP contribution in [0, 0.1) is 0 Å². The van der Waals surface area contributed by atoms with Crippen molar-refractivity contribution in [2.45, 2.75) is 52.0 Å². The van der Waals surface area contributed by atoms with Crippen LogP contribution in [0.15, 0.2) is 0 Å². The van der Waals surface area contributed by atoms with E-state index in [1.165, 1.54) is 6.92 Å². The predicted octanol–water partition coefficient (Wildman–Crippen LogP) is 2.40. The first kappa shape index (κ1) is 16.4. The number of hydrogen-bond acceptors (Lipinski definition) is 3. The van der Waals surface area contributed by atoms with E-state index in [1.54, 1.807) is 6.92 Å². The molecule has 100 valence electrons. The van der Waals surface area contributed by atoms with Crippen LogP contribution in [0.25, 0.3) is 0 Å². The normalized spacial score (nSPS) is 11.9. The molecule has 0 rings (SSSR count). The van der Waals surface area contributed by atoms with E-state index in [0.717, 1.165) is 31.0 Å². The number of esters is 1. The summed E-state index contributed by atoms with van der Waals surface area (Å²) >= 11 is 3.38. The molecule has 0 aromatic heterocycles. The van der Waals surface area contributed by atoms with Crippen LogP contribution in [-0.4, -0.2) is 29.9 Å². The van der Waals surface area contributed by atoms with E-state index in [4.69, 9.17) is 4.74 Å². The Bertz CT molecular complexity index is 234. The van der Waals surface area contributed by atoms with Gasteiger partial charge in [0.05, 0.1) is 6.61 Å². The molecular weight excluding hydrogens is 286 g/mol. The molecule has 1 unspecified atom stereocenters. The van der Waals surface area contributed by atoms with Crippen LogP contribution in [0.1, 0.15) is 46.0 Å². The van der Waals surface area contributed by atoms with Crippen molar-refractivity contribution >= 4 is 27.8 Å². The zero-order chi connectivity index (χ0) is 13.1. The van der Waals surface area contributed by atoms with Gasteiger partial charge in [-0.3, -0.25) is 4.79 Å². The second-order valence-corrected chi connectivity index (χ2v) is 4.69. The number of halogens is 1. The third-order valence-electron chi connectivity index (χ3n) is 2.33. The van der Waals surface area contributed by atoms with E-state index in [1.807, 2.05) is 0 Å². The smallest absolute Gasteiger partial charge is 0.328 e. The summed E-state index contributed by atoms with van der Waals surface area (Å²) in [6.45, 7) is 3.52. The zero-order valence-electron chi connectivity index (χ0n) is 10.6. The van der Waals surface area contributed by atoms with E-state index < -0.39 is 6.04 Å². The highest BCUT2D eigenvalue weighted by Crippen LogP contribution is 2.08. The second-order valence-electron chi connectivity index (χ2n) is 3.90. The Hall–Kier alpha value is -0.580. The topological polar surface area (TPSA) is 55.4 Å². The summed E-state index contributed by atoms with van der Waals surface area (Å²) in [5.74, 6) is -0.522. The highest BCUT2D eigenvalue weighted by atomic mass is 79.9. The number of alkyl halides is 1. The fourth-order valence-electron chi connectivity index (χ4n) is 1.53. The Labute approximate surface area is 112 Å². The molecule has 0 saturated carbocycles. The number of carbonyl (C=O) groups is 2. The van der Waals surface area contributed by atoms with Gasteiger partial charge in [-0.2, -0.15) is 0 Å². The average molecular weight is 308 g/mol. The Morgan fingerprint density at radius 3 is 2.41 bits per heavy atom. The standard InChI is InChI=1S/C12H22BrNO3/c1-3-17-12(16)11(14-10(2)15)8-6-4-5-7-9-13/h11H,3-9H2,1-2H3,(H,14,15). The Morgan fingerprint density at radius 2 is 1.88 bits per heavy atom. The van der Waals surface area contributed by atoms with Crippen molar-refractivity contribution < 1.29 is 14.3 Å². The predicted molar refractivity (Wildman–Crippen MR) is 71.1 cm³/mol. The minimum atomic E-state index is -0.489. The van der Waals surface area contributed by atoms with Crippen molar-refractivity contribution in [3.63, 3.8) is 0 Å². The Balaban J connectivity index is 3.93. The van der Waals surface area contributed by atoms with Gasteiger partial charge >= 0.3 is 5.97 Å². The highest BCUT2D eigenvalue weighted by molar-refractivity contribution is 9.09. The molecule has 0 aliphatic heterocycles. The maximum atomic E-state index is 11.6. The van der Waals surface area contributed by atoms with E-state index in [9.17, 15) is 9.59 Å². The van der Waals surface area contributed by atoms with Gasteiger partial charge in [0.1, 0.15) is 6.04 Å². The quantitative estimate of drug-likeness (QED) is 0.404. The lowest BCUT2D eigenvalue weighted by Gasteiger charge is -2.16. The summed E-state index contributed by atoms with van der Waals surface area (Å²) in [4.78, 5) is 22.5. The molecule has 0 aromatic carbocycles. The molecule has 0 fully saturated rings. The molecule has 1 atom stereocenters. The molecule has 5 heteroatoms. The molecule has 0 heterocycles. The van der Waals surface area contributed by atoms with E-state index >= 15 is 0 Å². The van der Waals surface area contributed by atoms with Gasteiger partial charge in [0.2, 0.25) is 5.91 Å². The number of unbranched alkanes of at least 4 members (excludes halogenated alkanes) is 3. The molecule has 0 aromatic rings.